The third-order valence-corrected chi connectivity index (χ3v) is 7.27. The molecular weight excluding hydrogens is 376 g/mol. The molecule has 2 aromatic rings. The van der Waals surface area contributed by atoms with E-state index < -0.39 is 10.0 Å². The van der Waals surface area contributed by atoms with Crippen molar-refractivity contribution >= 4 is 27.0 Å². The second-order valence-corrected chi connectivity index (χ2v) is 9.55. The standard InChI is InChI=1S/C20H32N4O3S/c1-7-20(4,5)22-19(25)13-12-18-21-16-14-15(10-11-17(16)23(18)6)28(26,27)24(8-2)9-3/h10-11,14H,7-9,12-13H2,1-6H3,(H,22,25). The van der Waals surface area contributed by atoms with Gasteiger partial charge in [0, 0.05) is 38.5 Å². The van der Waals surface area contributed by atoms with Gasteiger partial charge in [-0.2, -0.15) is 4.31 Å². The maximum atomic E-state index is 12.7. The molecule has 28 heavy (non-hydrogen) atoms. The summed E-state index contributed by atoms with van der Waals surface area (Å²) in [7, 11) is -1.64. The molecule has 8 heteroatoms. The molecular formula is C20H32N4O3S. The van der Waals surface area contributed by atoms with E-state index in [4.69, 9.17) is 0 Å². The van der Waals surface area contributed by atoms with Crippen molar-refractivity contribution in [3.8, 4) is 0 Å². The minimum absolute atomic E-state index is 0.0105. The summed E-state index contributed by atoms with van der Waals surface area (Å²) in [5, 5.41) is 3.02. The van der Waals surface area contributed by atoms with Crippen molar-refractivity contribution in [1.29, 1.82) is 0 Å². The first-order chi connectivity index (χ1) is 13.1. The Kier molecular flexibility index (Phi) is 6.88. The predicted molar refractivity (Wildman–Crippen MR) is 112 cm³/mol. The Morgan fingerprint density at radius 1 is 1.21 bits per heavy atom. The molecule has 156 valence electrons. The first-order valence-corrected chi connectivity index (χ1v) is 11.3. The van der Waals surface area contributed by atoms with Crippen molar-refractivity contribution in [2.24, 2.45) is 7.05 Å². The monoisotopic (exact) mass is 408 g/mol. The highest BCUT2D eigenvalue weighted by Crippen LogP contribution is 2.23. The summed E-state index contributed by atoms with van der Waals surface area (Å²) in [5.74, 6) is 0.751. The SMILES string of the molecule is CCN(CC)S(=O)(=O)c1ccc2c(c1)nc(CCC(=O)NC(C)(C)CC)n2C. The normalized spacial score (nSPS) is 12.7. The number of hydrogen-bond acceptors (Lipinski definition) is 4. The number of imidazole rings is 1. The molecule has 0 aliphatic rings. The van der Waals surface area contributed by atoms with Crippen LogP contribution in [-0.4, -0.2) is 46.8 Å². The Morgan fingerprint density at radius 2 is 1.86 bits per heavy atom. The van der Waals surface area contributed by atoms with Gasteiger partial charge in [-0.25, -0.2) is 13.4 Å². The van der Waals surface area contributed by atoms with Gasteiger partial charge in [0.25, 0.3) is 0 Å². The van der Waals surface area contributed by atoms with Crippen molar-refractivity contribution in [1.82, 2.24) is 19.2 Å². The molecule has 0 unspecified atom stereocenters. The zero-order valence-electron chi connectivity index (χ0n) is 17.7. The number of sulfonamides is 1. The summed E-state index contributed by atoms with van der Waals surface area (Å²) in [5.41, 5.74) is 1.25. The van der Waals surface area contributed by atoms with E-state index in [0.29, 0.717) is 31.4 Å². The summed E-state index contributed by atoms with van der Waals surface area (Å²) in [6, 6.07) is 5.02. The van der Waals surface area contributed by atoms with Gasteiger partial charge in [-0.05, 0) is 38.5 Å². The smallest absolute Gasteiger partial charge is 0.243 e. The van der Waals surface area contributed by atoms with Crippen molar-refractivity contribution in [2.45, 2.75) is 64.3 Å². The highest BCUT2D eigenvalue weighted by atomic mass is 32.2. The van der Waals surface area contributed by atoms with Gasteiger partial charge in [-0.1, -0.05) is 20.8 Å². The van der Waals surface area contributed by atoms with Crippen LogP contribution in [0.15, 0.2) is 23.1 Å². The quantitative estimate of drug-likeness (QED) is 0.691. The number of aryl methyl sites for hydroxylation is 2. The number of nitrogens with zero attached hydrogens (tertiary/aromatic N) is 3. The first kappa shape index (κ1) is 22.4. The van der Waals surface area contributed by atoms with Crippen LogP contribution in [-0.2, 0) is 28.3 Å². The van der Waals surface area contributed by atoms with Crippen molar-refractivity contribution in [3.63, 3.8) is 0 Å². The summed E-state index contributed by atoms with van der Waals surface area (Å²) in [4.78, 5) is 17.0. The lowest BCUT2D eigenvalue weighted by molar-refractivity contribution is -0.122. The molecule has 1 heterocycles. The van der Waals surface area contributed by atoms with E-state index in [1.807, 2.05) is 46.2 Å². The maximum Gasteiger partial charge on any atom is 0.243 e. The minimum Gasteiger partial charge on any atom is -0.351 e. The van der Waals surface area contributed by atoms with Gasteiger partial charge in [0.2, 0.25) is 15.9 Å². The molecule has 0 aliphatic carbocycles. The van der Waals surface area contributed by atoms with E-state index in [1.165, 1.54) is 4.31 Å². The highest BCUT2D eigenvalue weighted by Gasteiger charge is 2.23. The predicted octanol–water partition coefficient (Wildman–Crippen LogP) is 2.84. The minimum atomic E-state index is -3.53. The van der Waals surface area contributed by atoms with Crippen LogP contribution < -0.4 is 5.32 Å². The molecule has 2 rings (SSSR count). The number of carbonyl (C=O) groups excluding carboxylic acids is 1. The van der Waals surface area contributed by atoms with Gasteiger partial charge in [0.15, 0.2) is 0 Å². The fraction of sp³-hybridized carbons (Fsp3) is 0.600. The Morgan fingerprint density at radius 3 is 2.43 bits per heavy atom. The van der Waals surface area contributed by atoms with Crippen LogP contribution in [0.5, 0.6) is 0 Å². The lowest BCUT2D eigenvalue weighted by atomic mass is 10.0. The number of carbonyl (C=O) groups is 1. The van der Waals surface area contributed by atoms with Gasteiger partial charge in [0.1, 0.15) is 5.82 Å². The molecule has 1 N–H and O–H groups in total. The Balaban J connectivity index is 2.24. The zero-order valence-corrected chi connectivity index (χ0v) is 18.6. The molecule has 0 radical (unpaired) electrons. The average molecular weight is 409 g/mol. The fourth-order valence-corrected chi connectivity index (χ4v) is 4.56. The third kappa shape index (κ3) is 4.72. The molecule has 1 aromatic carbocycles. The van der Waals surface area contributed by atoms with Gasteiger partial charge < -0.3 is 9.88 Å². The molecule has 0 fully saturated rings. The molecule has 7 nitrogen and oxygen atoms in total. The Labute approximate surface area is 168 Å². The summed E-state index contributed by atoms with van der Waals surface area (Å²) >= 11 is 0. The number of fused-ring (bicyclic) bond motifs is 1. The lowest BCUT2D eigenvalue weighted by Gasteiger charge is -2.24. The maximum absolute atomic E-state index is 12.7. The molecule has 1 amide bonds. The largest absolute Gasteiger partial charge is 0.351 e. The number of hydrogen-bond donors (Lipinski definition) is 1. The van der Waals surface area contributed by atoms with Crippen molar-refractivity contribution in [2.75, 3.05) is 13.1 Å². The van der Waals surface area contributed by atoms with Crippen LogP contribution in [0.1, 0.15) is 53.3 Å². The van der Waals surface area contributed by atoms with E-state index >= 15 is 0 Å². The summed E-state index contributed by atoms with van der Waals surface area (Å²) in [6.45, 7) is 10.5. The lowest BCUT2D eigenvalue weighted by Crippen LogP contribution is -2.42. The van der Waals surface area contributed by atoms with Gasteiger partial charge >= 0.3 is 0 Å². The Hall–Kier alpha value is -1.93. The van der Waals surface area contributed by atoms with Gasteiger partial charge in [-0.15, -0.1) is 0 Å². The van der Waals surface area contributed by atoms with Gasteiger partial charge in [0.05, 0.1) is 15.9 Å². The van der Waals surface area contributed by atoms with E-state index in [2.05, 4.69) is 10.3 Å². The van der Waals surface area contributed by atoms with Crippen LogP contribution >= 0.6 is 0 Å². The first-order valence-electron chi connectivity index (χ1n) is 9.82. The van der Waals surface area contributed by atoms with Crippen LogP contribution in [0.3, 0.4) is 0 Å². The number of aromatic nitrogens is 2. The topological polar surface area (TPSA) is 84.3 Å². The van der Waals surface area contributed by atoms with E-state index in [-0.39, 0.29) is 16.3 Å². The highest BCUT2D eigenvalue weighted by molar-refractivity contribution is 7.89. The molecule has 1 aromatic heterocycles. The second-order valence-electron chi connectivity index (χ2n) is 7.61. The van der Waals surface area contributed by atoms with E-state index in [9.17, 15) is 13.2 Å². The molecule has 0 saturated carbocycles. The van der Waals surface area contributed by atoms with Crippen LogP contribution in [0.25, 0.3) is 11.0 Å². The number of rotatable bonds is 9. The molecule has 0 bridgehead atoms. The van der Waals surface area contributed by atoms with Crippen LogP contribution in [0.4, 0.5) is 0 Å². The fourth-order valence-electron chi connectivity index (χ4n) is 3.08. The van der Waals surface area contributed by atoms with Gasteiger partial charge in [-0.3, -0.25) is 4.79 Å². The van der Waals surface area contributed by atoms with Crippen LogP contribution in [0.2, 0.25) is 0 Å². The van der Waals surface area contributed by atoms with Crippen molar-refractivity contribution in [3.05, 3.63) is 24.0 Å². The summed E-state index contributed by atoms with van der Waals surface area (Å²) in [6.07, 6.45) is 1.69. The number of benzene rings is 1. The van der Waals surface area contributed by atoms with Crippen molar-refractivity contribution < 1.29 is 13.2 Å². The molecule has 0 spiro atoms. The van der Waals surface area contributed by atoms with E-state index in [1.54, 1.807) is 18.2 Å². The summed E-state index contributed by atoms with van der Waals surface area (Å²) < 4.78 is 28.8. The van der Waals surface area contributed by atoms with E-state index in [0.717, 1.165) is 17.8 Å². The zero-order chi connectivity index (χ0) is 21.1. The number of amides is 1. The molecule has 0 atom stereocenters. The molecule has 0 saturated heterocycles. The second kappa shape index (κ2) is 8.61. The Bertz CT molecular complexity index is 944. The average Bonchev–Trinajstić information content (AvgIpc) is 2.96. The molecule has 0 aliphatic heterocycles. The van der Waals surface area contributed by atoms with Crippen LogP contribution in [0, 0.1) is 0 Å². The number of nitrogens with one attached hydrogen (secondary N) is 1. The third-order valence-electron chi connectivity index (χ3n) is 5.23.